The second-order valence-electron chi connectivity index (χ2n) is 6.06. The van der Waals surface area contributed by atoms with Gasteiger partial charge in [0.2, 0.25) is 0 Å². The molecule has 0 aliphatic rings. The molecule has 4 rings (SSSR count). The van der Waals surface area contributed by atoms with E-state index in [1.807, 2.05) is 54.6 Å². The van der Waals surface area contributed by atoms with Crippen molar-refractivity contribution in [3.8, 4) is 11.4 Å². The van der Waals surface area contributed by atoms with Crippen molar-refractivity contribution in [2.45, 2.75) is 9.79 Å². The smallest absolute Gasteiger partial charge is 0.255 e. The standard InChI is InChI=1S/C21H17N5O2S/c1-28-18-7-11-20(12-8-18)29-19-9-5-16(6-10-19)23-21(27)15-3-2-4-17(13-15)26-14-22-24-25-26/h2-14H,1H3,(H,23,27). The highest BCUT2D eigenvalue weighted by molar-refractivity contribution is 7.99. The molecule has 3 aromatic carbocycles. The number of ether oxygens (including phenoxy) is 1. The van der Waals surface area contributed by atoms with E-state index < -0.39 is 0 Å². The van der Waals surface area contributed by atoms with E-state index in [0.29, 0.717) is 11.3 Å². The highest BCUT2D eigenvalue weighted by Crippen LogP contribution is 2.29. The van der Waals surface area contributed by atoms with Crippen molar-refractivity contribution in [2.75, 3.05) is 12.4 Å². The molecule has 0 fully saturated rings. The zero-order chi connectivity index (χ0) is 20.1. The number of aromatic nitrogens is 4. The van der Waals surface area contributed by atoms with Crippen molar-refractivity contribution < 1.29 is 9.53 Å². The van der Waals surface area contributed by atoms with Crippen LogP contribution in [0.25, 0.3) is 5.69 Å². The van der Waals surface area contributed by atoms with Crippen LogP contribution in [0.2, 0.25) is 0 Å². The number of rotatable bonds is 6. The SMILES string of the molecule is COc1ccc(Sc2ccc(NC(=O)c3cccc(-n4cnnn4)c3)cc2)cc1. The molecule has 1 amide bonds. The number of carbonyl (C=O) groups is 1. The first-order valence-corrected chi connectivity index (χ1v) is 9.60. The number of benzene rings is 3. The molecule has 0 saturated heterocycles. The maximum atomic E-state index is 12.6. The molecule has 8 heteroatoms. The van der Waals surface area contributed by atoms with Gasteiger partial charge in [-0.3, -0.25) is 4.79 Å². The van der Waals surface area contributed by atoms with Gasteiger partial charge in [-0.1, -0.05) is 17.8 Å². The van der Waals surface area contributed by atoms with E-state index in [1.54, 1.807) is 37.1 Å². The third kappa shape index (κ3) is 4.61. The van der Waals surface area contributed by atoms with Crippen LogP contribution >= 0.6 is 11.8 Å². The zero-order valence-corrected chi connectivity index (χ0v) is 16.3. The first-order chi connectivity index (χ1) is 14.2. The second kappa shape index (κ2) is 8.57. The quantitative estimate of drug-likeness (QED) is 0.523. The maximum absolute atomic E-state index is 12.6. The molecule has 0 unspecified atom stereocenters. The van der Waals surface area contributed by atoms with E-state index in [-0.39, 0.29) is 5.91 Å². The van der Waals surface area contributed by atoms with Crippen molar-refractivity contribution in [3.63, 3.8) is 0 Å². The van der Waals surface area contributed by atoms with Gasteiger partial charge in [-0.15, -0.1) is 5.10 Å². The Morgan fingerprint density at radius 3 is 2.38 bits per heavy atom. The highest BCUT2D eigenvalue weighted by Gasteiger charge is 2.08. The van der Waals surface area contributed by atoms with E-state index >= 15 is 0 Å². The van der Waals surface area contributed by atoms with Crippen LogP contribution in [0.5, 0.6) is 5.75 Å². The van der Waals surface area contributed by atoms with E-state index in [2.05, 4.69) is 20.8 Å². The molecule has 0 bridgehead atoms. The van der Waals surface area contributed by atoms with Gasteiger partial charge in [0.15, 0.2) is 0 Å². The molecule has 1 heterocycles. The third-order valence-electron chi connectivity index (χ3n) is 4.13. The van der Waals surface area contributed by atoms with Gasteiger partial charge < -0.3 is 10.1 Å². The Morgan fingerprint density at radius 1 is 1.00 bits per heavy atom. The highest BCUT2D eigenvalue weighted by atomic mass is 32.2. The van der Waals surface area contributed by atoms with Gasteiger partial charge in [0.05, 0.1) is 12.8 Å². The minimum atomic E-state index is -0.199. The summed E-state index contributed by atoms with van der Waals surface area (Å²) in [6, 6.07) is 22.7. The van der Waals surface area contributed by atoms with Crippen LogP contribution in [-0.2, 0) is 0 Å². The van der Waals surface area contributed by atoms with Gasteiger partial charge in [0, 0.05) is 21.0 Å². The summed E-state index contributed by atoms with van der Waals surface area (Å²) in [7, 11) is 1.65. The molecular weight excluding hydrogens is 386 g/mol. The summed E-state index contributed by atoms with van der Waals surface area (Å²) in [4.78, 5) is 14.8. The molecule has 1 N–H and O–H groups in total. The van der Waals surface area contributed by atoms with E-state index in [1.165, 1.54) is 11.0 Å². The second-order valence-corrected chi connectivity index (χ2v) is 7.21. The molecule has 0 atom stereocenters. The number of tetrazole rings is 1. The number of nitrogens with one attached hydrogen (secondary N) is 1. The number of hydrogen-bond donors (Lipinski definition) is 1. The summed E-state index contributed by atoms with van der Waals surface area (Å²) in [5, 5.41) is 14.0. The van der Waals surface area contributed by atoms with E-state index in [9.17, 15) is 4.79 Å². The molecule has 1 aromatic heterocycles. The monoisotopic (exact) mass is 403 g/mol. The number of hydrogen-bond acceptors (Lipinski definition) is 6. The Morgan fingerprint density at radius 2 is 1.72 bits per heavy atom. The average molecular weight is 403 g/mol. The van der Waals surface area contributed by atoms with Crippen molar-refractivity contribution >= 4 is 23.4 Å². The topological polar surface area (TPSA) is 81.9 Å². The van der Waals surface area contributed by atoms with Gasteiger partial charge >= 0.3 is 0 Å². The average Bonchev–Trinajstić information content (AvgIpc) is 3.31. The van der Waals surface area contributed by atoms with E-state index in [0.717, 1.165) is 21.2 Å². The fourth-order valence-electron chi connectivity index (χ4n) is 2.66. The number of carbonyl (C=O) groups excluding carboxylic acids is 1. The van der Waals surface area contributed by atoms with Crippen LogP contribution in [0.3, 0.4) is 0 Å². The lowest BCUT2D eigenvalue weighted by molar-refractivity contribution is 0.102. The molecule has 7 nitrogen and oxygen atoms in total. The molecule has 4 aromatic rings. The van der Waals surface area contributed by atoms with Gasteiger partial charge in [0.25, 0.3) is 5.91 Å². The van der Waals surface area contributed by atoms with Gasteiger partial charge in [-0.2, -0.15) is 0 Å². The summed E-state index contributed by atoms with van der Waals surface area (Å²) in [5.41, 5.74) is 1.96. The summed E-state index contributed by atoms with van der Waals surface area (Å²) in [6.07, 6.45) is 1.48. The van der Waals surface area contributed by atoms with Crippen LogP contribution in [0.15, 0.2) is 88.9 Å². The first-order valence-electron chi connectivity index (χ1n) is 8.78. The summed E-state index contributed by atoms with van der Waals surface area (Å²) >= 11 is 1.64. The number of nitrogens with zero attached hydrogens (tertiary/aromatic N) is 4. The minimum Gasteiger partial charge on any atom is -0.497 e. The zero-order valence-electron chi connectivity index (χ0n) is 15.5. The largest absolute Gasteiger partial charge is 0.497 e. The van der Waals surface area contributed by atoms with Crippen molar-refractivity contribution in [1.82, 2.24) is 20.2 Å². The molecule has 144 valence electrons. The van der Waals surface area contributed by atoms with Gasteiger partial charge in [-0.25, -0.2) is 4.68 Å². The van der Waals surface area contributed by atoms with Crippen LogP contribution in [0, 0.1) is 0 Å². The Hall–Kier alpha value is -3.65. The Kier molecular flexibility index (Phi) is 5.53. The van der Waals surface area contributed by atoms with Crippen LogP contribution in [-0.4, -0.2) is 33.2 Å². The molecule has 0 spiro atoms. The fraction of sp³-hybridized carbons (Fsp3) is 0.0476. The predicted molar refractivity (Wildman–Crippen MR) is 111 cm³/mol. The third-order valence-corrected chi connectivity index (χ3v) is 5.14. The van der Waals surface area contributed by atoms with Crippen LogP contribution < -0.4 is 10.1 Å². The van der Waals surface area contributed by atoms with E-state index in [4.69, 9.17) is 4.74 Å². The number of amides is 1. The van der Waals surface area contributed by atoms with Crippen LogP contribution in [0.4, 0.5) is 5.69 Å². The summed E-state index contributed by atoms with van der Waals surface area (Å²) in [6.45, 7) is 0. The molecule has 0 aliphatic heterocycles. The molecule has 0 radical (unpaired) electrons. The molecule has 0 aliphatic carbocycles. The summed E-state index contributed by atoms with van der Waals surface area (Å²) in [5.74, 6) is 0.632. The molecule has 0 saturated carbocycles. The lowest BCUT2D eigenvalue weighted by Crippen LogP contribution is -2.12. The molecular formula is C21H17N5O2S. The lowest BCUT2D eigenvalue weighted by Gasteiger charge is -2.08. The van der Waals surface area contributed by atoms with Crippen molar-refractivity contribution in [1.29, 1.82) is 0 Å². The molecule has 29 heavy (non-hydrogen) atoms. The van der Waals surface area contributed by atoms with Crippen molar-refractivity contribution in [3.05, 3.63) is 84.7 Å². The van der Waals surface area contributed by atoms with Gasteiger partial charge in [-0.05, 0) is 77.2 Å². The fourth-order valence-corrected chi connectivity index (χ4v) is 3.48. The van der Waals surface area contributed by atoms with Crippen molar-refractivity contribution in [2.24, 2.45) is 0 Å². The van der Waals surface area contributed by atoms with Gasteiger partial charge in [0.1, 0.15) is 12.1 Å². The minimum absolute atomic E-state index is 0.199. The first kappa shape index (κ1) is 18.7. The Bertz CT molecular complexity index is 1100. The number of anilines is 1. The predicted octanol–water partition coefficient (Wildman–Crippen LogP) is 4.07. The maximum Gasteiger partial charge on any atom is 0.255 e. The lowest BCUT2D eigenvalue weighted by atomic mass is 10.2. The normalized spacial score (nSPS) is 10.5. The Labute approximate surface area is 171 Å². The Balaban J connectivity index is 1.42. The summed E-state index contributed by atoms with van der Waals surface area (Å²) < 4.78 is 6.68. The number of methoxy groups -OCH3 is 1. The van der Waals surface area contributed by atoms with Crippen LogP contribution in [0.1, 0.15) is 10.4 Å².